The molecule has 2 unspecified atom stereocenters. The molecule has 0 radical (unpaired) electrons. The van der Waals surface area contributed by atoms with E-state index in [9.17, 15) is 14.4 Å². The second-order valence-corrected chi connectivity index (χ2v) is 5.23. The fourth-order valence-corrected chi connectivity index (χ4v) is 2.66. The van der Waals surface area contributed by atoms with E-state index >= 15 is 0 Å². The zero-order valence-corrected chi connectivity index (χ0v) is 12.1. The van der Waals surface area contributed by atoms with Gasteiger partial charge >= 0.3 is 12.0 Å². The Hall–Kier alpha value is -1.83. The van der Waals surface area contributed by atoms with Gasteiger partial charge in [-0.25, -0.2) is 4.79 Å². The summed E-state index contributed by atoms with van der Waals surface area (Å²) < 4.78 is 5.28. The van der Waals surface area contributed by atoms with Gasteiger partial charge in [-0.3, -0.25) is 9.59 Å². The molecule has 2 aliphatic heterocycles. The van der Waals surface area contributed by atoms with Crippen molar-refractivity contribution in [2.24, 2.45) is 5.92 Å². The van der Waals surface area contributed by atoms with Crippen LogP contribution in [0.4, 0.5) is 4.79 Å². The Labute approximate surface area is 123 Å². The Bertz CT molecular complexity index is 428. The molecule has 0 aromatic carbocycles. The minimum Gasteiger partial charge on any atom is -0.481 e. The minimum absolute atomic E-state index is 0.174. The molecule has 118 valence electrons. The monoisotopic (exact) mass is 299 g/mol. The van der Waals surface area contributed by atoms with Crippen LogP contribution in [-0.4, -0.2) is 78.2 Å². The summed E-state index contributed by atoms with van der Waals surface area (Å²) in [4.78, 5) is 38.5. The second kappa shape index (κ2) is 6.75. The van der Waals surface area contributed by atoms with Crippen molar-refractivity contribution >= 4 is 17.9 Å². The van der Waals surface area contributed by atoms with Crippen LogP contribution in [-0.2, 0) is 14.3 Å². The fraction of sp³-hybridized carbons (Fsp3) is 0.769. The van der Waals surface area contributed by atoms with Crippen molar-refractivity contribution in [3.63, 3.8) is 0 Å². The number of rotatable bonds is 3. The molecule has 0 saturated carbocycles. The summed E-state index contributed by atoms with van der Waals surface area (Å²) in [5.41, 5.74) is 0. The first kappa shape index (κ1) is 15.6. The van der Waals surface area contributed by atoms with Crippen LogP contribution in [0.5, 0.6) is 0 Å². The average molecular weight is 299 g/mol. The van der Waals surface area contributed by atoms with Crippen LogP contribution in [0.2, 0.25) is 0 Å². The molecule has 2 atom stereocenters. The number of amides is 3. The molecule has 0 aromatic rings. The molecule has 0 spiro atoms. The van der Waals surface area contributed by atoms with Crippen LogP contribution >= 0.6 is 0 Å². The van der Waals surface area contributed by atoms with E-state index in [1.807, 2.05) is 6.92 Å². The lowest BCUT2D eigenvalue weighted by Crippen LogP contribution is -2.58. The smallest absolute Gasteiger partial charge is 0.320 e. The van der Waals surface area contributed by atoms with E-state index in [1.165, 1.54) is 9.80 Å². The van der Waals surface area contributed by atoms with Crippen LogP contribution < -0.4 is 5.32 Å². The van der Waals surface area contributed by atoms with E-state index in [0.29, 0.717) is 32.7 Å². The average Bonchev–Trinajstić information content (AvgIpc) is 2.97. The molecule has 2 fully saturated rings. The lowest BCUT2D eigenvalue weighted by atomic mass is 10.1. The minimum atomic E-state index is -0.882. The van der Waals surface area contributed by atoms with Crippen LogP contribution in [0.25, 0.3) is 0 Å². The van der Waals surface area contributed by atoms with Gasteiger partial charge in [0.25, 0.3) is 0 Å². The third-order valence-electron chi connectivity index (χ3n) is 3.84. The molecule has 2 heterocycles. The van der Waals surface area contributed by atoms with Gasteiger partial charge in [-0.15, -0.1) is 0 Å². The molecule has 3 amide bonds. The molecule has 0 bridgehead atoms. The number of hydrogen-bond acceptors (Lipinski definition) is 4. The van der Waals surface area contributed by atoms with Gasteiger partial charge in [0.1, 0.15) is 6.04 Å². The zero-order chi connectivity index (χ0) is 15.4. The molecular weight excluding hydrogens is 278 g/mol. The number of carboxylic acids is 1. The lowest BCUT2D eigenvalue weighted by molar-refractivity contribution is -0.141. The molecule has 2 rings (SSSR count). The van der Waals surface area contributed by atoms with Crippen LogP contribution in [0.15, 0.2) is 0 Å². The number of hydrogen-bond donors (Lipinski definition) is 2. The highest BCUT2D eigenvalue weighted by Gasteiger charge is 2.38. The van der Waals surface area contributed by atoms with E-state index < -0.39 is 17.9 Å². The molecule has 2 saturated heterocycles. The largest absolute Gasteiger partial charge is 0.481 e. The van der Waals surface area contributed by atoms with Gasteiger partial charge < -0.3 is 25.0 Å². The second-order valence-electron chi connectivity index (χ2n) is 5.23. The summed E-state index contributed by atoms with van der Waals surface area (Å²) in [5.74, 6) is -1.63. The van der Waals surface area contributed by atoms with Gasteiger partial charge in [0.2, 0.25) is 5.91 Å². The van der Waals surface area contributed by atoms with Gasteiger partial charge in [0, 0.05) is 26.2 Å². The highest BCUT2D eigenvalue weighted by Crippen LogP contribution is 2.20. The Morgan fingerprint density at radius 3 is 2.71 bits per heavy atom. The summed E-state index contributed by atoms with van der Waals surface area (Å²) in [6, 6.07) is -0.923. The van der Waals surface area contributed by atoms with Crippen molar-refractivity contribution in [2.45, 2.75) is 19.4 Å². The van der Waals surface area contributed by atoms with Crippen LogP contribution in [0.1, 0.15) is 13.3 Å². The van der Waals surface area contributed by atoms with Gasteiger partial charge in [0.05, 0.1) is 19.1 Å². The highest BCUT2D eigenvalue weighted by atomic mass is 16.5. The van der Waals surface area contributed by atoms with E-state index in [-0.39, 0.29) is 25.1 Å². The number of ether oxygens (including phenoxy) is 1. The van der Waals surface area contributed by atoms with Crippen LogP contribution in [0, 0.1) is 5.92 Å². The number of carbonyl (C=O) groups is 3. The summed E-state index contributed by atoms with van der Waals surface area (Å²) in [7, 11) is 0. The van der Waals surface area contributed by atoms with Gasteiger partial charge in [-0.1, -0.05) is 0 Å². The van der Waals surface area contributed by atoms with E-state index in [0.717, 1.165) is 0 Å². The number of likely N-dealkylation sites (tertiary alicyclic amines) is 1. The first-order chi connectivity index (χ1) is 10.0. The number of nitrogens with one attached hydrogen (secondary N) is 1. The number of aliphatic carboxylic acids is 1. The maximum absolute atomic E-state index is 12.5. The molecule has 2 aliphatic rings. The van der Waals surface area contributed by atoms with Crippen molar-refractivity contribution in [3.8, 4) is 0 Å². The maximum atomic E-state index is 12.5. The first-order valence-corrected chi connectivity index (χ1v) is 7.18. The van der Waals surface area contributed by atoms with E-state index in [1.54, 1.807) is 0 Å². The summed E-state index contributed by atoms with van der Waals surface area (Å²) in [6.45, 7) is 3.82. The predicted octanol–water partition coefficient (Wildman–Crippen LogP) is -0.650. The first-order valence-electron chi connectivity index (χ1n) is 7.18. The quantitative estimate of drug-likeness (QED) is 0.721. The van der Waals surface area contributed by atoms with Crippen molar-refractivity contribution in [3.05, 3.63) is 0 Å². The van der Waals surface area contributed by atoms with Crippen molar-refractivity contribution in [2.75, 3.05) is 39.4 Å². The zero-order valence-electron chi connectivity index (χ0n) is 12.1. The Kier molecular flexibility index (Phi) is 5.00. The number of morpholine rings is 1. The normalized spacial score (nSPS) is 25.8. The van der Waals surface area contributed by atoms with Crippen molar-refractivity contribution in [1.82, 2.24) is 15.1 Å². The molecule has 8 heteroatoms. The Morgan fingerprint density at radius 2 is 2.10 bits per heavy atom. The molecule has 2 N–H and O–H groups in total. The van der Waals surface area contributed by atoms with Gasteiger partial charge in [-0.05, 0) is 13.3 Å². The standard InChI is InChI=1S/C13H21N3O5/c1-2-14-11(17)10-8-21-6-5-16(10)13(20)15-4-3-9(7-15)12(18)19/h9-10H,2-8H2,1H3,(H,14,17)(H,18,19). The van der Waals surface area contributed by atoms with Gasteiger partial charge in [0.15, 0.2) is 0 Å². The predicted molar refractivity (Wildman–Crippen MR) is 72.7 cm³/mol. The number of carbonyl (C=O) groups excluding carboxylic acids is 2. The summed E-state index contributed by atoms with van der Waals surface area (Å²) in [6.07, 6.45) is 0.456. The Morgan fingerprint density at radius 1 is 1.33 bits per heavy atom. The third kappa shape index (κ3) is 3.44. The number of nitrogens with zero attached hydrogens (tertiary/aromatic N) is 2. The van der Waals surface area contributed by atoms with Crippen molar-refractivity contribution in [1.29, 1.82) is 0 Å². The van der Waals surface area contributed by atoms with E-state index in [4.69, 9.17) is 9.84 Å². The lowest BCUT2D eigenvalue weighted by Gasteiger charge is -2.36. The molecule has 0 aliphatic carbocycles. The molecular formula is C13H21N3O5. The summed E-state index contributed by atoms with van der Waals surface area (Å²) >= 11 is 0. The van der Waals surface area contributed by atoms with Gasteiger partial charge in [-0.2, -0.15) is 0 Å². The summed E-state index contributed by atoms with van der Waals surface area (Å²) in [5, 5.41) is 11.7. The SMILES string of the molecule is CCNC(=O)C1COCCN1C(=O)N1CCC(C(=O)O)C1. The fourth-order valence-electron chi connectivity index (χ4n) is 2.66. The van der Waals surface area contributed by atoms with E-state index in [2.05, 4.69) is 5.32 Å². The molecule has 8 nitrogen and oxygen atoms in total. The number of likely N-dealkylation sites (N-methyl/N-ethyl adjacent to an activating group) is 1. The van der Waals surface area contributed by atoms with Crippen LogP contribution in [0.3, 0.4) is 0 Å². The maximum Gasteiger partial charge on any atom is 0.320 e. The number of urea groups is 1. The van der Waals surface area contributed by atoms with Crippen molar-refractivity contribution < 1.29 is 24.2 Å². The molecule has 0 aromatic heterocycles. The topological polar surface area (TPSA) is 99.2 Å². The Balaban J connectivity index is 2.02. The third-order valence-corrected chi connectivity index (χ3v) is 3.84. The number of carboxylic acid groups (broad SMARTS) is 1. The highest BCUT2D eigenvalue weighted by molar-refractivity contribution is 5.87. The molecule has 21 heavy (non-hydrogen) atoms.